The van der Waals surface area contributed by atoms with Crippen molar-refractivity contribution in [2.45, 2.75) is 19.0 Å². The third-order valence-electron chi connectivity index (χ3n) is 3.07. The molecule has 0 amide bonds. The molecule has 2 rings (SSSR count). The molecule has 0 radical (unpaired) electrons. The molecule has 0 aromatic heterocycles. The highest BCUT2D eigenvalue weighted by atomic mass is 35.5. The second-order valence-electron chi connectivity index (χ2n) is 4.57. The first-order valence-electron chi connectivity index (χ1n) is 6.03. The van der Waals surface area contributed by atoms with Gasteiger partial charge in [-0.2, -0.15) is 11.8 Å². The molecule has 104 valence electrons. The van der Waals surface area contributed by atoms with E-state index in [0.29, 0.717) is 16.6 Å². The number of carboxylic acids is 1. The predicted molar refractivity (Wildman–Crippen MR) is 80.2 cm³/mol. The number of thioether (sulfide) groups is 1. The van der Waals surface area contributed by atoms with Gasteiger partial charge in [-0.1, -0.05) is 23.2 Å². The van der Waals surface area contributed by atoms with Gasteiger partial charge in [0.05, 0.1) is 6.42 Å². The molecule has 1 aliphatic rings. The molecule has 1 atom stereocenters. The minimum Gasteiger partial charge on any atom is -0.481 e. The second kappa shape index (κ2) is 6.84. The van der Waals surface area contributed by atoms with E-state index in [-0.39, 0.29) is 12.5 Å². The molecule has 1 saturated heterocycles. The van der Waals surface area contributed by atoms with E-state index < -0.39 is 5.97 Å². The number of carboxylic acid groups (broad SMARTS) is 1. The number of benzene rings is 1. The van der Waals surface area contributed by atoms with E-state index in [1.165, 1.54) is 0 Å². The van der Waals surface area contributed by atoms with Crippen LogP contribution in [0.15, 0.2) is 18.2 Å². The van der Waals surface area contributed by atoms with Crippen molar-refractivity contribution in [3.8, 4) is 0 Å². The van der Waals surface area contributed by atoms with Crippen LogP contribution in [0, 0.1) is 0 Å². The summed E-state index contributed by atoms with van der Waals surface area (Å²) >= 11 is 13.8. The molecule has 6 heteroatoms. The molecule has 1 heterocycles. The van der Waals surface area contributed by atoms with Gasteiger partial charge in [0.15, 0.2) is 0 Å². The quantitative estimate of drug-likeness (QED) is 0.923. The van der Waals surface area contributed by atoms with Gasteiger partial charge < -0.3 is 5.11 Å². The third kappa shape index (κ3) is 4.56. The SMILES string of the molecule is O=C(O)CC1CSCCN1Cc1cc(Cl)cc(Cl)c1. The molecular weight excluding hydrogens is 305 g/mol. The Kier molecular flexibility index (Phi) is 5.39. The lowest BCUT2D eigenvalue weighted by Gasteiger charge is -2.34. The van der Waals surface area contributed by atoms with E-state index in [0.717, 1.165) is 23.6 Å². The molecule has 1 N–H and O–H groups in total. The highest BCUT2D eigenvalue weighted by molar-refractivity contribution is 7.99. The van der Waals surface area contributed by atoms with Crippen LogP contribution in [0.25, 0.3) is 0 Å². The van der Waals surface area contributed by atoms with Crippen LogP contribution < -0.4 is 0 Å². The number of halogens is 2. The van der Waals surface area contributed by atoms with Crippen LogP contribution in [0.1, 0.15) is 12.0 Å². The molecule has 1 fully saturated rings. The molecular formula is C13H15Cl2NO2S. The topological polar surface area (TPSA) is 40.5 Å². The molecule has 0 spiro atoms. The zero-order valence-corrected chi connectivity index (χ0v) is 12.6. The van der Waals surface area contributed by atoms with E-state index in [1.54, 1.807) is 6.07 Å². The van der Waals surface area contributed by atoms with Crippen LogP contribution in [-0.2, 0) is 11.3 Å². The van der Waals surface area contributed by atoms with Crippen molar-refractivity contribution < 1.29 is 9.90 Å². The van der Waals surface area contributed by atoms with Crippen LogP contribution in [0.3, 0.4) is 0 Å². The maximum Gasteiger partial charge on any atom is 0.304 e. The summed E-state index contributed by atoms with van der Waals surface area (Å²) in [4.78, 5) is 13.1. The maximum atomic E-state index is 10.9. The first-order valence-corrected chi connectivity index (χ1v) is 7.94. The Morgan fingerprint density at radius 1 is 1.37 bits per heavy atom. The highest BCUT2D eigenvalue weighted by Gasteiger charge is 2.25. The molecule has 1 aromatic carbocycles. The van der Waals surface area contributed by atoms with Gasteiger partial charge in [0.25, 0.3) is 0 Å². The van der Waals surface area contributed by atoms with E-state index in [2.05, 4.69) is 4.90 Å². The average molecular weight is 320 g/mol. The molecule has 3 nitrogen and oxygen atoms in total. The number of hydrogen-bond donors (Lipinski definition) is 1. The summed E-state index contributed by atoms with van der Waals surface area (Å²) in [5.41, 5.74) is 1.03. The van der Waals surface area contributed by atoms with Crippen molar-refractivity contribution in [2.24, 2.45) is 0 Å². The average Bonchev–Trinajstić information content (AvgIpc) is 2.29. The van der Waals surface area contributed by atoms with E-state index in [1.807, 2.05) is 23.9 Å². The summed E-state index contributed by atoms with van der Waals surface area (Å²) in [7, 11) is 0. The van der Waals surface area contributed by atoms with Crippen LogP contribution >= 0.6 is 35.0 Å². The largest absolute Gasteiger partial charge is 0.481 e. The fraction of sp³-hybridized carbons (Fsp3) is 0.462. The summed E-state index contributed by atoms with van der Waals surface area (Å²) in [5, 5.41) is 10.2. The lowest BCUT2D eigenvalue weighted by atomic mass is 10.1. The Labute approximate surface area is 126 Å². The van der Waals surface area contributed by atoms with Gasteiger partial charge in [-0.05, 0) is 23.8 Å². The van der Waals surface area contributed by atoms with Gasteiger partial charge in [-0.3, -0.25) is 9.69 Å². The van der Waals surface area contributed by atoms with Gasteiger partial charge in [0.2, 0.25) is 0 Å². The molecule has 1 aromatic rings. The molecule has 0 aliphatic carbocycles. The summed E-state index contributed by atoms with van der Waals surface area (Å²) in [6.07, 6.45) is 0.182. The fourth-order valence-electron chi connectivity index (χ4n) is 2.22. The van der Waals surface area contributed by atoms with Crippen molar-refractivity contribution in [1.82, 2.24) is 4.90 Å². The summed E-state index contributed by atoms with van der Waals surface area (Å²) in [6.45, 7) is 1.59. The Hall–Kier alpha value is -0.420. The number of carbonyl (C=O) groups is 1. The van der Waals surface area contributed by atoms with Crippen molar-refractivity contribution in [1.29, 1.82) is 0 Å². The third-order valence-corrected chi connectivity index (χ3v) is 4.60. The minimum absolute atomic E-state index is 0.0778. The Morgan fingerprint density at radius 2 is 2.05 bits per heavy atom. The first-order chi connectivity index (χ1) is 9.04. The normalized spacial score (nSPS) is 20.4. The number of hydrogen-bond acceptors (Lipinski definition) is 3. The smallest absolute Gasteiger partial charge is 0.304 e. The zero-order chi connectivity index (χ0) is 13.8. The van der Waals surface area contributed by atoms with Gasteiger partial charge in [-0.25, -0.2) is 0 Å². The fourth-order valence-corrected chi connectivity index (χ4v) is 3.93. The Balaban J connectivity index is 2.08. The highest BCUT2D eigenvalue weighted by Crippen LogP contribution is 2.24. The van der Waals surface area contributed by atoms with Crippen molar-refractivity contribution in [2.75, 3.05) is 18.1 Å². The van der Waals surface area contributed by atoms with Crippen LogP contribution in [-0.4, -0.2) is 40.1 Å². The van der Waals surface area contributed by atoms with E-state index >= 15 is 0 Å². The number of aliphatic carboxylic acids is 1. The van der Waals surface area contributed by atoms with Crippen LogP contribution in [0.5, 0.6) is 0 Å². The Bertz CT molecular complexity index is 450. The van der Waals surface area contributed by atoms with Gasteiger partial charge in [-0.15, -0.1) is 0 Å². The summed E-state index contributed by atoms with van der Waals surface area (Å²) in [5.74, 6) is 1.15. The molecule has 19 heavy (non-hydrogen) atoms. The van der Waals surface area contributed by atoms with E-state index in [4.69, 9.17) is 28.3 Å². The van der Waals surface area contributed by atoms with Crippen LogP contribution in [0.2, 0.25) is 10.0 Å². The second-order valence-corrected chi connectivity index (χ2v) is 6.60. The zero-order valence-electron chi connectivity index (χ0n) is 10.3. The Morgan fingerprint density at radius 3 is 2.68 bits per heavy atom. The van der Waals surface area contributed by atoms with Crippen molar-refractivity contribution >= 4 is 40.9 Å². The number of rotatable bonds is 4. The molecule has 0 bridgehead atoms. The summed E-state index contributed by atoms with van der Waals surface area (Å²) in [6, 6.07) is 5.54. The van der Waals surface area contributed by atoms with Crippen molar-refractivity contribution in [3.63, 3.8) is 0 Å². The monoisotopic (exact) mass is 319 g/mol. The van der Waals surface area contributed by atoms with Gasteiger partial charge >= 0.3 is 5.97 Å². The van der Waals surface area contributed by atoms with Crippen molar-refractivity contribution in [3.05, 3.63) is 33.8 Å². The van der Waals surface area contributed by atoms with Crippen LogP contribution in [0.4, 0.5) is 0 Å². The molecule has 0 saturated carbocycles. The van der Waals surface area contributed by atoms with Gasteiger partial charge in [0, 0.05) is 40.7 Å². The minimum atomic E-state index is -0.748. The lowest BCUT2D eigenvalue weighted by Crippen LogP contribution is -2.42. The predicted octanol–water partition coefficient (Wildman–Crippen LogP) is 3.39. The first kappa shape index (κ1) is 15.0. The van der Waals surface area contributed by atoms with Gasteiger partial charge in [0.1, 0.15) is 0 Å². The molecule has 1 aliphatic heterocycles. The summed E-state index contributed by atoms with van der Waals surface area (Å²) < 4.78 is 0. The standard InChI is InChI=1S/C13H15Cl2NO2S/c14-10-3-9(4-11(15)5-10)7-16-1-2-19-8-12(16)6-13(17)18/h3-5,12H,1-2,6-8H2,(H,17,18). The number of nitrogens with zero attached hydrogens (tertiary/aromatic N) is 1. The maximum absolute atomic E-state index is 10.9. The molecule has 1 unspecified atom stereocenters. The van der Waals surface area contributed by atoms with E-state index in [9.17, 15) is 4.79 Å². The lowest BCUT2D eigenvalue weighted by molar-refractivity contribution is -0.138.